The van der Waals surface area contributed by atoms with Gasteiger partial charge in [-0.3, -0.25) is 0 Å². The van der Waals surface area contributed by atoms with Crippen molar-refractivity contribution in [3.05, 3.63) is 30.1 Å². The highest BCUT2D eigenvalue weighted by Crippen LogP contribution is 2.22. The molecule has 0 aliphatic carbocycles. The minimum absolute atomic E-state index is 0.121. The average molecular weight is 348 g/mol. The Morgan fingerprint density at radius 3 is 2.50 bits per heavy atom. The van der Waals surface area contributed by atoms with Gasteiger partial charge in [-0.15, -0.1) is 0 Å². The second kappa shape index (κ2) is 8.19. The minimum atomic E-state index is -0.121. The summed E-state index contributed by atoms with van der Waals surface area (Å²) in [6.45, 7) is 6.06. The average Bonchev–Trinajstić information content (AvgIpc) is 3.05. The smallest absolute Gasteiger partial charge is 0.321 e. The number of hydrogen-bond donors (Lipinski definition) is 1. The molecule has 0 saturated heterocycles. The number of nitrogens with one attached hydrogen (secondary N) is 1. The van der Waals surface area contributed by atoms with Gasteiger partial charge >= 0.3 is 6.03 Å². The third kappa shape index (κ3) is 4.50. The molecule has 7 heteroatoms. The standard InChI is InChI=1S/C17H24N4O2S/c1-11(2)15-19-16(23-20-15)13-6-8-14(9-7-13)18-17(22)21(4)12(3)10-24-5/h6-9,11-12H,10H2,1-5H3,(H,18,22). The number of anilines is 1. The lowest BCUT2D eigenvalue weighted by atomic mass is 10.2. The van der Waals surface area contributed by atoms with Crippen molar-refractivity contribution in [3.8, 4) is 11.5 Å². The van der Waals surface area contributed by atoms with Crippen LogP contribution in [0.4, 0.5) is 10.5 Å². The Kier molecular flexibility index (Phi) is 6.25. The maximum Gasteiger partial charge on any atom is 0.321 e. The monoisotopic (exact) mass is 348 g/mol. The predicted octanol–water partition coefficient (Wildman–Crippen LogP) is 4.08. The van der Waals surface area contributed by atoms with E-state index in [0.717, 1.165) is 17.0 Å². The second-order valence-corrected chi connectivity index (χ2v) is 6.95. The Hall–Kier alpha value is -2.02. The van der Waals surface area contributed by atoms with E-state index in [2.05, 4.69) is 15.5 Å². The summed E-state index contributed by atoms with van der Waals surface area (Å²) in [5.74, 6) is 2.30. The molecule has 0 aliphatic rings. The van der Waals surface area contributed by atoms with E-state index >= 15 is 0 Å². The van der Waals surface area contributed by atoms with Gasteiger partial charge in [0.25, 0.3) is 5.89 Å². The van der Waals surface area contributed by atoms with Crippen LogP contribution in [-0.4, -0.2) is 46.2 Å². The van der Waals surface area contributed by atoms with Gasteiger partial charge in [0, 0.05) is 36.0 Å². The summed E-state index contributed by atoms with van der Waals surface area (Å²) >= 11 is 1.72. The molecule has 0 spiro atoms. The first-order valence-corrected chi connectivity index (χ1v) is 9.28. The van der Waals surface area contributed by atoms with Gasteiger partial charge in [-0.25, -0.2) is 4.79 Å². The summed E-state index contributed by atoms with van der Waals surface area (Å²) in [6, 6.07) is 7.44. The van der Waals surface area contributed by atoms with Crippen LogP contribution >= 0.6 is 11.8 Å². The quantitative estimate of drug-likeness (QED) is 0.852. The lowest BCUT2D eigenvalue weighted by Gasteiger charge is -2.24. The molecule has 2 amide bonds. The first kappa shape index (κ1) is 18.3. The van der Waals surface area contributed by atoms with Crippen molar-refractivity contribution < 1.29 is 9.32 Å². The largest absolute Gasteiger partial charge is 0.334 e. The maximum atomic E-state index is 12.2. The Morgan fingerprint density at radius 1 is 1.29 bits per heavy atom. The number of amides is 2. The number of benzene rings is 1. The molecule has 0 fully saturated rings. The molecule has 0 radical (unpaired) electrons. The van der Waals surface area contributed by atoms with Crippen molar-refractivity contribution in [2.24, 2.45) is 0 Å². The van der Waals surface area contributed by atoms with Gasteiger partial charge in [-0.1, -0.05) is 19.0 Å². The second-order valence-electron chi connectivity index (χ2n) is 6.04. The lowest BCUT2D eigenvalue weighted by Crippen LogP contribution is -2.39. The molecule has 1 heterocycles. The molecular weight excluding hydrogens is 324 g/mol. The predicted molar refractivity (Wildman–Crippen MR) is 98.4 cm³/mol. The van der Waals surface area contributed by atoms with Crippen molar-refractivity contribution in [3.63, 3.8) is 0 Å². The SMILES string of the molecule is CSCC(C)N(C)C(=O)Nc1ccc(-c2nc(C(C)C)no2)cc1. The molecule has 2 rings (SSSR count). The van der Waals surface area contributed by atoms with Crippen LogP contribution in [0.3, 0.4) is 0 Å². The van der Waals surface area contributed by atoms with Crippen LogP contribution in [0.2, 0.25) is 0 Å². The van der Waals surface area contributed by atoms with Gasteiger partial charge in [-0.05, 0) is 37.4 Å². The van der Waals surface area contributed by atoms with E-state index in [1.165, 1.54) is 0 Å². The molecule has 24 heavy (non-hydrogen) atoms. The Bertz CT molecular complexity index is 669. The number of carbonyl (C=O) groups is 1. The molecular formula is C17H24N4O2S. The fraction of sp³-hybridized carbons (Fsp3) is 0.471. The maximum absolute atomic E-state index is 12.2. The summed E-state index contributed by atoms with van der Waals surface area (Å²) in [5, 5.41) is 6.85. The van der Waals surface area contributed by atoms with Crippen molar-refractivity contribution in [2.75, 3.05) is 24.4 Å². The van der Waals surface area contributed by atoms with Crippen LogP contribution in [0.25, 0.3) is 11.5 Å². The third-order valence-corrected chi connectivity index (χ3v) is 4.55. The molecule has 1 atom stereocenters. The molecule has 0 aliphatic heterocycles. The third-order valence-electron chi connectivity index (χ3n) is 3.73. The summed E-state index contributed by atoms with van der Waals surface area (Å²) in [4.78, 5) is 18.3. The van der Waals surface area contributed by atoms with Crippen molar-refractivity contribution >= 4 is 23.5 Å². The number of thioether (sulfide) groups is 1. The zero-order valence-corrected chi connectivity index (χ0v) is 15.6. The summed E-state index contributed by atoms with van der Waals surface area (Å²) < 4.78 is 5.27. The summed E-state index contributed by atoms with van der Waals surface area (Å²) in [6.07, 6.45) is 2.03. The van der Waals surface area contributed by atoms with Gasteiger partial charge < -0.3 is 14.7 Å². The van der Waals surface area contributed by atoms with E-state index in [4.69, 9.17) is 4.52 Å². The topological polar surface area (TPSA) is 71.3 Å². The zero-order valence-electron chi connectivity index (χ0n) is 14.7. The summed E-state index contributed by atoms with van der Waals surface area (Å²) in [5.41, 5.74) is 1.56. The Labute approximate surface area is 147 Å². The van der Waals surface area contributed by atoms with Crippen LogP contribution < -0.4 is 5.32 Å². The molecule has 2 aromatic rings. The number of carbonyl (C=O) groups excluding carboxylic acids is 1. The van der Waals surface area contributed by atoms with Crippen LogP contribution in [0, 0.1) is 0 Å². The number of rotatable bonds is 6. The van der Waals surface area contributed by atoms with Crippen LogP contribution in [0.15, 0.2) is 28.8 Å². The number of nitrogens with zero attached hydrogens (tertiary/aromatic N) is 3. The highest BCUT2D eigenvalue weighted by Gasteiger charge is 2.16. The van der Waals surface area contributed by atoms with Crippen molar-refractivity contribution in [1.29, 1.82) is 0 Å². The molecule has 1 aromatic heterocycles. The number of aromatic nitrogens is 2. The van der Waals surface area contributed by atoms with E-state index in [9.17, 15) is 4.79 Å². The zero-order chi connectivity index (χ0) is 17.7. The van der Waals surface area contributed by atoms with E-state index in [-0.39, 0.29) is 18.0 Å². The highest BCUT2D eigenvalue weighted by molar-refractivity contribution is 7.98. The van der Waals surface area contributed by atoms with Crippen LogP contribution in [0.5, 0.6) is 0 Å². The van der Waals surface area contributed by atoms with E-state index in [1.54, 1.807) is 23.7 Å². The Balaban J connectivity index is 2.02. The molecule has 0 bridgehead atoms. The van der Waals surface area contributed by atoms with E-state index < -0.39 is 0 Å². The molecule has 6 nitrogen and oxygen atoms in total. The van der Waals surface area contributed by atoms with Gasteiger partial charge in [-0.2, -0.15) is 16.7 Å². The summed E-state index contributed by atoms with van der Waals surface area (Å²) in [7, 11) is 1.80. The Morgan fingerprint density at radius 2 is 1.96 bits per heavy atom. The number of urea groups is 1. The van der Waals surface area contributed by atoms with Crippen LogP contribution in [0.1, 0.15) is 32.5 Å². The molecule has 1 unspecified atom stereocenters. The van der Waals surface area contributed by atoms with Crippen LogP contribution in [-0.2, 0) is 0 Å². The van der Waals surface area contributed by atoms with E-state index in [0.29, 0.717) is 11.7 Å². The lowest BCUT2D eigenvalue weighted by molar-refractivity contribution is 0.212. The molecule has 130 valence electrons. The fourth-order valence-corrected chi connectivity index (χ4v) is 2.75. The molecule has 1 aromatic carbocycles. The fourth-order valence-electron chi connectivity index (χ4n) is 2.05. The number of hydrogen-bond acceptors (Lipinski definition) is 5. The van der Waals surface area contributed by atoms with Gasteiger partial charge in [0.1, 0.15) is 0 Å². The first-order valence-electron chi connectivity index (χ1n) is 7.89. The van der Waals surface area contributed by atoms with Gasteiger partial charge in [0.05, 0.1) is 0 Å². The molecule has 1 N–H and O–H groups in total. The normalized spacial score (nSPS) is 12.2. The van der Waals surface area contributed by atoms with Crippen molar-refractivity contribution in [1.82, 2.24) is 15.0 Å². The molecule has 0 saturated carbocycles. The highest BCUT2D eigenvalue weighted by atomic mass is 32.2. The first-order chi connectivity index (χ1) is 11.4. The van der Waals surface area contributed by atoms with E-state index in [1.807, 2.05) is 51.3 Å². The minimum Gasteiger partial charge on any atom is -0.334 e. The van der Waals surface area contributed by atoms with Crippen molar-refractivity contribution in [2.45, 2.75) is 32.7 Å². The van der Waals surface area contributed by atoms with Gasteiger partial charge in [0.2, 0.25) is 0 Å². The van der Waals surface area contributed by atoms with Gasteiger partial charge in [0.15, 0.2) is 5.82 Å².